The van der Waals surface area contributed by atoms with E-state index in [2.05, 4.69) is 41.5 Å². The third-order valence-corrected chi connectivity index (χ3v) is 7.81. The van der Waals surface area contributed by atoms with Crippen LogP contribution in [-0.4, -0.2) is 27.3 Å². The second-order valence-corrected chi connectivity index (χ2v) is 11.8. The predicted octanol–water partition coefficient (Wildman–Crippen LogP) is 3.84. The highest BCUT2D eigenvalue weighted by Crippen LogP contribution is 2.29. The van der Waals surface area contributed by atoms with Crippen LogP contribution >= 0.6 is 0 Å². The Morgan fingerprint density at radius 3 is 1.06 bits per heavy atom. The largest absolute Gasteiger partial charge is 0.522 e. The zero-order chi connectivity index (χ0) is 15.3. The average Bonchev–Trinajstić information content (AvgIpc) is 1.96. The van der Waals surface area contributed by atoms with Crippen molar-refractivity contribution < 1.29 is 26.1 Å². The molecule has 1 N–H and O–H groups in total. The van der Waals surface area contributed by atoms with Crippen LogP contribution < -0.4 is 0 Å². The van der Waals surface area contributed by atoms with Gasteiger partial charge in [-0.15, -0.1) is 0 Å². The smallest absolute Gasteiger partial charge is 0.279 e. The maximum absolute atomic E-state index is 10.7. The summed E-state index contributed by atoms with van der Waals surface area (Å²) in [5.41, 5.74) is -2.62. The van der Waals surface area contributed by atoms with Gasteiger partial charge in [-0.1, -0.05) is 58.2 Å². The van der Waals surface area contributed by atoms with E-state index in [0.29, 0.717) is 0 Å². The van der Waals surface area contributed by atoms with Gasteiger partial charge in [0.15, 0.2) is 0 Å². The second-order valence-electron chi connectivity index (χ2n) is 5.23. The molecule has 0 aliphatic carbocycles. The monoisotopic (exact) mass is 308 g/mol. The molecular formula is C10H23F3O3SSi. The van der Waals surface area contributed by atoms with E-state index in [-0.39, 0.29) is 0 Å². The number of rotatable bonds is 3. The number of alkyl halides is 3. The molecule has 0 aliphatic rings. The van der Waals surface area contributed by atoms with Gasteiger partial charge in [0.2, 0.25) is 0 Å². The first kappa shape index (κ1) is 20.2. The van der Waals surface area contributed by atoms with Gasteiger partial charge in [-0.3, -0.25) is 4.55 Å². The normalized spacial score (nSPS) is 13.2. The Labute approximate surface area is 109 Å². The lowest BCUT2D eigenvalue weighted by atomic mass is 10.5. The Morgan fingerprint density at radius 1 is 0.889 bits per heavy atom. The zero-order valence-electron chi connectivity index (χ0n) is 11.6. The van der Waals surface area contributed by atoms with Crippen LogP contribution in [-0.2, 0) is 10.1 Å². The van der Waals surface area contributed by atoms with Crippen LogP contribution in [0, 0.1) is 0 Å². The van der Waals surface area contributed by atoms with Crippen molar-refractivity contribution in [2.75, 3.05) is 0 Å². The zero-order valence-corrected chi connectivity index (χ0v) is 13.6. The second kappa shape index (κ2) is 7.49. The van der Waals surface area contributed by atoms with Crippen molar-refractivity contribution >= 4 is 18.9 Å². The van der Waals surface area contributed by atoms with Gasteiger partial charge in [0.25, 0.3) is 0 Å². The van der Waals surface area contributed by atoms with Gasteiger partial charge >= 0.3 is 15.6 Å². The Kier molecular flexibility index (Phi) is 8.42. The summed E-state index contributed by atoms with van der Waals surface area (Å²) < 4.78 is 57.5. The molecule has 0 aromatic rings. The Hall–Kier alpha value is -0.0831. The molecule has 0 saturated carbocycles. The molecule has 8 heteroatoms. The van der Waals surface area contributed by atoms with Gasteiger partial charge in [0, 0.05) is 8.80 Å². The lowest BCUT2D eigenvalue weighted by Gasteiger charge is -2.26. The van der Waals surface area contributed by atoms with E-state index in [0.717, 1.165) is 16.6 Å². The van der Waals surface area contributed by atoms with Crippen LogP contribution in [0.1, 0.15) is 41.5 Å². The first-order chi connectivity index (χ1) is 7.71. The van der Waals surface area contributed by atoms with Crippen LogP contribution in [0.15, 0.2) is 0 Å². The standard InChI is InChI=1S/C9H22Si.CHF3O3S/c1-7(2)10(8(3)4)9(5)6;2-1(3,4)8(5,6)7/h7-10H,1-6H3;(H,5,6,7). The summed E-state index contributed by atoms with van der Waals surface area (Å²) in [6.45, 7) is 14.3. The van der Waals surface area contributed by atoms with E-state index in [1.54, 1.807) is 0 Å². The van der Waals surface area contributed by atoms with E-state index < -0.39 is 24.4 Å². The van der Waals surface area contributed by atoms with E-state index >= 15 is 0 Å². The van der Waals surface area contributed by atoms with Gasteiger partial charge < -0.3 is 0 Å². The van der Waals surface area contributed by atoms with Gasteiger partial charge in [-0.25, -0.2) is 0 Å². The third-order valence-electron chi connectivity index (χ3n) is 2.60. The van der Waals surface area contributed by atoms with Gasteiger partial charge in [-0.05, 0) is 0 Å². The molecular weight excluding hydrogens is 285 g/mol. The van der Waals surface area contributed by atoms with E-state index in [1.807, 2.05) is 0 Å². The summed E-state index contributed by atoms with van der Waals surface area (Å²) in [5.74, 6) is 0. The summed E-state index contributed by atoms with van der Waals surface area (Å²) in [7, 11) is -6.29. The van der Waals surface area contributed by atoms with Gasteiger partial charge in [-0.2, -0.15) is 21.6 Å². The predicted molar refractivity (Wildman–Crippen MR) is 70.0 cm³/mol. The first-order valence-corrected chi connectivity index (χ1v) is 9.19. The van der Waals surface area contributed by atoms with Crippen LogP contribution in [0.4, 0.5) is 13.2 Å². The molecule has 0 aliphatic heterocycles. The van der Waals surface area contributed by atoms with Gasteiger partial charge in [0.1, 0.15) is 0 Å². The van der Waals surface area contributed by atoms with Crippen LogP contribution in [0.3, 0.4) is 0 Å². The molecule has 18 heavy (non-hydrogen) atoms. The SMILES string of the molecule is CC(C)[SiH](C(C)C)C(C)C.O=S(=O)(O)C(F)(F)F. The topological polar surface area (TPSA) is 54.4 Å². The molecule has 3 nitrogen and oxygen atoms in total. The summed E-state index contributed by atoms with van der Waals surface area (Å²) in [5, 5.41) is 0. The van der Waals surface area contributed by atoms with E-state index in [4.69, 9.17) is 13.0 Å². The molecule has 0 radical (unpaired) electrons. The van der Waals surface area contributed by atoms with Crippen molar-refractivity contribution in [3.63, 3.8) is 0 Å². The van der Waals surface area contributed by atoms with Crippen LogP contribution in [0.25, 0.3) is 0 Å². The number of halogens is 3. The van der Waals surface area contributed by atoms with E-state index in [1.165, 1.54) is 0 Å². The lowest BCUT2D eigenvalue weighted by molar-refractivity contribution is -0.0510. The molecule has 112 valence electrons. The number of hydrogen-bond donors (Lipinski definition) is 1. The fourth-order valence-electron chi connectivity index (χ4n) is 2.31. The minimum absolute atomic E-state index is 0.454. The molecule has 0 amide bonds. The Morgan fingerprint density at radius 2 is 1.06 bits per heavy atom. The summed E-state index contributed by atoms with van der Waals surface area (Å²) in [6, 6.07) is 0. The Bertz CT molecular complexity index is 305. The highest BCUT2D eigenvalue weighted by molar-refractivity contribution is 7.86. The molecule has 0 aromatic carbocycles. The summed E-state index contributed by atoms with van der Waals surface area (Å²) in [6.07, 6.45) is 0. The van der Waals surface area contributed by atoms with E-state index in [9.17, 15) is 13.2 Å². The number of hydrogen-bond acceptors (Lipinski definition) is 2. The summed E-state index contributed by atoms with van der Waals surface area (Å²) >= 11 is 0. The Balaban J connectivity index is 0. The minimum Gasteiger partial charge on any atom is -0.279 e. The minimum atomic E-state index is -5.84. The average molecular weight is 308 g/mol. The molecule has 0 spiro atoms. The third kappa shape index (κ3) is 8.10. The fourth-order valence-corrected chi connectivity index (χ4v) is 6.93. The molecule has 0 aromatic heterocycles. The molecule has 0 fully saturated rings. The van der Waals surface area contributed by atoms with Crippen molar-refractivity contribution in [3.05, 3.63) is 0 Å². The van der Waals surface area contributed by atoms with Crippen LogP contribution in [0.2, 0.25) is 16.6 Å². The van der Waals surface area contributed by atoms with Crippen molar-refractivity contribution in [2.24, 2.45) is 0 Å². The van der Waals surface area contributed by atoms with Crippen LogP contribution in [0.5, 0.6) is 0 Å². The molecule has 0 rings (SSSR count). The maximum Gasteiger partial charge on any atom is 0.522 e. The molecule has 0 atom stereocenters. The molecule has 0 saturated heterocycles. The van der Waals surface area contributed by atoms with Crippen molar-refractivity contribution in [3.8, 4) is 0 Å². The molecule has 0 unspecified atom stereocenters. The van der Waals surface area contributed by atoms with Gasteiger partial charge in [0.05, 0.1) is 0 Å². The highest BCUT2D eigenvalue weighted by Gasteiger charge is 2.44. The quantitative estimate of drug-likeness (QED) is 0.489. The lowest BCUT2D eigenvalue weighted by Crippen LogP contribution is -2.24. The van der Waals surface area contributed by atoms with Crippen molar-refractivity contribution in [1.82, 2.24) is 0 Å². The van der Waals surface area contributed by atoms with Crippen molar-refractivity contribution in [1.29, 1.82) is 0 Å². The fraction of sp³-hybridized carbons (Fsp3) is 1.00. The maximum atomic E-state index is 10.7. The summed E-state index contributed by atoms with van der Waals surface area (Å²) in [4.78, 5) is 0. The molecule has 0 bridgehead atoms. The first-order valence-electron chi connectivity index (χ1n) is 5.75. The van der Waals surface area contributed by atoms with Crippen molar-refractivity contribution in [2.45, 2.75) is 63.7 Å². The highest BCUT2D eigenvalue weighted by atomic mass is 32.2. The molecule has 0 heterocycles.